The van der Waals surface area contributed by atoms with Gasteiger partial charge in [0.2, 0.25) is 0 Å². The van der Waals surface area contributed by atoms with Gasteiger partial charge in [-0.2, -0.15) is 0 Å². The number of thiol groups is 1. The molecule has 2 atom stereocenters. The predicted molar refractivity (Wildman–Crippen MR) is 110 cm³/mol. The number of carbonyl (C=O) groups excluding carboxylic acids is 1. The lowest BCUT2D eigenvalue weighted by Gasteiger charge is -2.27. The molecule has 11 heteroatoms. The van der Waals surface area contributed by atoms with E-state index in [9.17, 15) is 18.8 Å². The van der Waals surface area contributed by atoms with Crippen LogP contribution in [0, 0.1) is 5.82 Å². The standard InChI is InChI=1S/C17H14F2N4O3.HIS/c18-11-3-1-2-10(8-11)16-13(24)6-7-22(16)15-5-4-14-20-9-12(17(25)26-19)23(14)21-15;1-2/h1-5,8-9,13,16,24H,6-7H2;2H. The third-order valence-corrected chi connectivity index (χ3v) is 4.48. The van der Waals surface area contributed by atoms with Crippen LogP contribution in [0.5, 0.6) is 0 Å². The van der Waals surface area contributed by atoms with Crippen molar-refractivity contribution in [1.82, 2.24) is 14.6 Å². The van der Waals surface area contributed by atoms with Crippen LogP contribution >= 0.6 is 31.0 Å². The van der Waals surface area contributed by atoms with E-state index in [0.29, 0.717) is 30.0 Å². The molecule has 3 heterocycles. The van der Waals surface area contributed by atoms with Crippen molar-refractivity contribution in [2.45, 2.75) is 18.6 Å². The Labute approximate surface area is 176 Å². The first-order valence-electron chi connectivity index (χ1n) is 8.13. The summed E-state index contributed by atoms with van der Waals surface area (Å²) in [5.41, 5.74) is 0.800. The Morgan fingerprint density at radius 2 is 2.11 bits per heavy atom. The van der Waals surface area contributed by atoms with Crippen molar-refractivity contribution in [3.63, 3.8) is 0 Å². The molecule has 1 saturated heterocycles. The Hall–Kier alpha value is -1.99. The van der Waals surface area contributed by atoms with Gasteiger partial charge < -0.3 is 10.0 Å². The smallest absolute Gasteiger partial charge is 0.391 e. The highest BCUT2D eigenvalue weighted by Crippen LogP contribution is 2.35. The second-order valence-electron chi connectivity index (χ2n) is 6.02. The van der Waals surface area contributed by atoms with E-state index in [2.05, 4.69) is 24.8 Å². The molecule has 2 unspecified atom stereocenters. The van der Waals surface area contributed by atoms with E-state index in [1.54, 1.807) is 24.3 Å². The Balaban J connectivity index is 0.00000109. The highest BCUT2D eigenvalue weighted by molar-refractivity contribution is 14.2. The molecule has 7 nitrogen and oxygen atoms in total. The zero-order valence-electron chi connectivity index (χ0n) is 14.2. The minimum Gasteiger partial charge on any atom is -0.391 e. The van der Waals surface area contributed by atoms with Crippen LogP contribution in [0.3, 0.4) is 0 Å². The molecule has 0 spiro atoms. The Kier molecular flexibility index (Phi) is 6.67. The molecule has 3 aromatic rings. The number of hydrogen-bond acceptors (Lipinski definition) is 7. The zero-order chi connectivity index (χ0) is 20.3. The second kappa shape index (κ2) is 9.01. The molecule has 1 fully saturated rings. The van der Waals surface area contributed by atoms with Gasteiger partial charge in [0, 0.05) is 11.1 Å². The number of rotatable bonds is 3. The Bertz CT molecular complexity index is 990. The summed E-state index contributed by atoms with van der Waals surface area (Å²) in [7, 11) is 3.50. The fraction of sp³-hybridized carbons (Fsp3) is 0.235. The van der Waals surface area contributed by atoms with E-state index >= 15 is 0 Å². The van der Waals surface area contributed by atoms with Crippen molar-refractivity contribution in [2.75, 3.05) is 11.4 Å². The lowest BCUT2D eigenvalue weighted by molar-refractivity contribution is -0.0795. The number of hydrogen-bond donors (Lipinski definition) is 2. The van der Waals surface area contributed by atoms with Crippen molar-refractivity contribution < 1.29 is 23.8 Å². The highest BCUT2D eigenvalue weighted by atomic mass is 127. The minimum atomic E-state index is -1.20. The molecule has 28 heavy (non-hydrogen) atoms. The summed E-state index contributed by atoms with van der Waals surface area (Å²) in [4.78, 5) is 20.5. The topological polar surface area (TPSA) is 80.0 Å². The van der Waals surface area contributed by atoms with Gasteiger partial charge in [-0.15, -0.1) is 14.9 Å². The van der Waals surface area contributed by atoms with E-state index in [1.165, 1.54) is 16.6 Å². The van der Waals surface area contributed by atoms with Gasteiger partial charge in [0.1, 0.15) is 11.6 Å². The summed E-state index contributed by atoms with van der Waals surface area (Å²) in [5.74, 6) is -1.16. The number of halogens is 3. The van der Waals surface area contributed by atoms with Crippen molar-refractivity contribution >= 4 is 48.4 Å². The molecule has 1 aromatic carbocycles. The first kappa shape index (κ1) is 20.7. The van der Waals surface area contributed by atoms with E-state index in [-0.39, 0.29) is 5.69 Å². The molecular formula is C17H15F2IN4O3S. The highest BCUT2D eigenvalue weighted by Gasteiger charge is 2.35. The third kappa shape index (κ3) is 3.91. The van der Waals surface area contributed by atoms with Gasteiger partial charge in [-0.25, -0.2) is 23.6 Å². The van der Waals surface area contributed by atoms with Gasteiger partial charge >= 0.3 is 5.97 Å². The van der Waals surface area contributed by atoms with E-state index in [0.717, 1.165) is 6.20 Å². The number of aliphatic hydroxyl groups excluding tert-OH is 1. The number of nitrogens with zero attached hydrogens (tertiary/aromatic N) is 4. The predicted octanol–water partition coefficient (Wildman–Crippen LogP) is 3.49. The maximum absolute atomic E-state index is 13.6. The molecule has 4 rings (SSSR count). The average molecular weight is 520 g/mol. The molecule has 0 bridgehead atoms. The number of anilines is 1. The van der Waals surface area contributed by atoms with Gasteiger partial charge in [0.15, 0.2) is 11.3 Å². The monoisotopic (exact) mass is 520 g/mol. The molecule has 1 aliphatic rings. The van der Waals surface area contributed by atoms with Crippen molar-refractivity contribution in [3.05, 3.63) is 59.7 Å². The van der Waals surface area contributed by atoms with Gasteiger partial charge in [-0.3, -0.25) is 0 Å². The van der Waals surface area contributed by atoms with Crippen LogP contribution in [-0.2, 0) is 4.94 Å². The third-order valence-electron chi connectivity index (χ3n) is 4.48. The lowest BCUT2D eigenvalue weighted by Crippen LogP contribution is -2.28. The number of imidazole rings is 1. The van der Waals surface area contributed by atoms with Crippen LogP contribution < -0.4 is 4.90 Å². The van der Waals surface area contributed by atoms with E-state index in [4.69, 9.17) is 0 Å². The zero-order valence-corrected chi connectivity index (χ0v) is 17.3. The fourth-order valence-corrected chi connectivity index (χ4v) is 3.32. The lowest BCUT2D eigenvalue weighted by atomic mass is 10.0. The molecular weight excluding hydrogens is 505 g/mol. The number of fused-ring (bicyclic) bond motifs is 1. The van der Waals surface area contributed by atoms with E-state index < -0.39 is 23.9 Å². The number of carbonyl (C=O) groups is 1. The Morgan fingerprint density at radius 3 is 2.82 bits per heavy atom. The summed E-state index contributed by atoms with van der Waals surface area (Å²) in [5, 5.41) is 14.7. The molecule has 2 aromatic heterocycles. The van der Waals surface area contributed by atoms with Crippen molar-refractivity contribution in [2.24, 2.45) is 0 Å². The van der Waals surface area contributed by atoms with Crippen LogP contribution in [0.15, 0.2) is 42.6 Å². The maximum atomic E-state index is 13.6. The van der Waals surface area contributed by atoms with Crippen LogP contribution in [0.2, 0.25) is 0 Å². The van der Waals surface area contributed by atoms with Gasteiger partial charge in [-0.05, 0) is 57.5 Å². The van der Waals surface area contributed by atoms with Gasteiger partial charge in [-0.1, -0.05) is 12.1 Å². The van der Waals surface area contributed by atoms with Crippen molar-refractivity contribution in [1.29, 1.82) is 0 Å². The first-order chi connectivity index (χ1) is 13.6. The molecule has 1 aliphatic heterocycles. The number of aliphatic hydroxyl groups is 1. The summed E-state index contributed by atoms with van der Waals surface area (Å²) in [6, 6.07) is 8.82. The fourth-order valence-electron chi connectivity index (χ4n) is 3.32. The van der Waals surface area contributed by atoms with E-state index in [1.807, 2.05) is 26.1 Å². The summed E-state index contributed by atoms with van der Waals surface area (Å²) < 4.78 is 27.0. The Morgan fingerprint density at radius 1 is 1.32 bits per heavy atom. The number of benzene rings is 1. The largest absolute Gasteiger partial charge is 0.399 e. The molecule has 0 radical (unpaired) electrons. The first-order valence-corrected chi connectivity index (χ1v) is 11.4. The maximum Gasteiger partial charge on any atom is 0.399 e. The van der Waals surface area contributed by atoms with Crippen LogP contribution in [-0.4, -0.2) is 38.3 Å². The quantitative estimate of drug-likeness (QED) is 0.407. The van der Waals surface area contributed by atoms with Crippen LogP contribution in [0.25, 0.3) is 5.65 Å². The summed E-state index contributed by atoms with van der Waals surface area (Å²) in [6.45, 7) is 0.485. The SMILES string of the molecule is O=C(OF)c1cnc2ccc(N3CCC(O)C3c3cccc(F)c3)nn12.SI. The molecule has 1 N–H and O–H groups in total. The van der Waals surface area contributed by atoms with Crippen molar-refractivity contribution in [3.8, 4) is 0 Å². The summed E-state index contributed by atoms with van der Waals surface area (Å²) >= 11 is 1.84. The molecule has 0 amide bonds. The molecule has 0 aliphatic carbocycles. The van der Waals surface area contributed by atoms with Gasteiger partial charge in [0.05, 0.1) is 18.3 Å². The second-order valence-corrected chi connectivity index (χ2v) is 6.02. The summed E-state index contributed by atoms with van der Waals surface area (Å²) in [6.07, 6.45) is 0.938. The molecule has 0 saturated carbocycles. The normalized spacial score (nSPS) is 18.7. The average Bonchev–Trinajstić information content (AvgIpc) is 3.32. The van der Waals surface area contributed by atoms with Crippen LogP contribution in [0.4, 0.5) is 14.7 Å². The van der Waals surface area contributed by atoms with Gasteiger partial charge in [0.25, 0.3) is 0 Å². The van der Waals surface area contributed by atoms with Crippen LogP contribution in [0.1, 0.15) is 28.5 Å². The number of aromatic nitrogens is 3. The minimum absolute atomic E-state index is 0.161. The molecule has 148 valence electrons.